The van der Waals surface area contributed by atoms with Crippen molar-refractivity contribution >= 4 is 27.9 Å². The molecule has 0 saturated carbocycles. The maximum absolute atomic E-state index is 10.7. The summed E-state index contributed by atoms with van der Waals surface area (Å²) in [5.41, 5.74) is 1.53. The van der Waals surface area contributed by atoms with Gasteiger partial charge in [-0.3, -0.25) is 4.79 Å². The molecular weight excluding hydrogens is 250 g/mol. The fraction of sp³-hybridized carbons (Fsp3) is 0.125. The Labute approximate surface area is 87.5 Å². The molecule has 2 heterocycles. The molecule has 0 aliphatic rings. The average Bonchev–Trinajstić information content (AvgIpc) is 2.51. The second-order valence-electron chi connectivity index (χ2n) is 2.71. The summed E-state index contributed by atoms with van der Waals surface area (Å²) in [6, 6.07) is 0. The lowest BCUT2D eigenvalue weighted by Crippen LogP contribution is -1.94. The second kappa shape index (κ2) is 3.47. The van der Waals surface area contributed by atoms with E-state index in [2.05, 4.69) is 26.0 Å². The topological polar surface area (TPSA) is 67.5 Å². The number of aldehydes is 1. The number of aromatic nitrogens is 3. The summed E-state index contributed by atoms with van der Waals surface area (Å²) in [5.74, 6) is 0. The largest absolute Gasteiger partial charge is 0.392 e. The molecule has 0 unspecified atom stereocenters. The summed E-state index contributed by atoms with van der Waals surface area (Å²) < 4.78 is 1.91. The monoisotopic (exact) mass is 255 g/mol. The van der Waals surface area contributed by atoms with Crippen LogP contribution in [0.5, 0.6) is 0 Å². The van der Waals surface area contributed by atoms with Crippen molar-refractivity contribution in [3.8, 4) is 0 Å². The Kier molecular flexibility index (Phi) is 2.30. The molecule has 2 aromatic rings. The first-order valence-corrected chi connectivity index (χ1v) is 4.64. The highest BCUT2D eigenvalue weighted by molar-refractivity contribution is 9.10. The van der Waals surface area contributed by atoms with E-state index in [0.717, 1.165) is 0 Å². The van der Waals surface area contributed by atoms with E-state index in [4.69, 9.17) is 5.11 Å². The zero-order chi connectivity index (χ0) is 10.1. The number of halogens is 1. The highest BCUT2D eigenvalue weighted by atomic mass is 79.9. The predicted octanol–water partition coefficient (Wildman–Crippen LogP) is 0.797. The number of nitrogens with zero attached hydrogens (tertiary/aromatic N) is 3. The van der Waals surface area contributed by atoms with E-state index in [-0.39, 0.29) is 6.61 Å². The minimum absolute atomic E-state index is 0.100. The summed E-state index contributed by atoms with van der Waals surface area (Å²) in [5, 5.41) is 12.9. The molecule has 0 aromatic carbocycles. The fourth-order valence-corrected chi connectivity index (χ4v) is 1.59. The second-order valence-corrected chi connectivity index (χ2v) is 3.46. The molecule has 0 atom stereocenters. The summed E-state index contributed by atoms with van der Waals surface area (Å²) in [4.78, 5) is 14.7. The van der Waals surface area contributed by atoms with Gasteiger partial charge in [0.05, 0.1) is 12.2 Å². The van der Waals surface area contributed by atoms with Crippen molar-refractivity contribution in [3.63, 3.8) is 0 Å². The highest BCUT2D eigenvalue weighted by Crippen LogP contribution is 2.17. The van der Waals surface area contributed by atoms with E-state index in [0.29, 0.717) is 27.7 Å². The Morgan fingerprint density at radius 1 is 1.64 bits per heavy atom. The van der Waals surface area contributed by atoms with Gasteiger partial charge in [-0.15, -0.1) is 0 Å². The first-order valence-electron chi connectivity index (χ1n) is 3.85. The van der Waals surface area contributed by atoms with Gasteiger partial charge < -0.3 is 5.11 Å². The fourth-order valence-electron chi connectivity index (χ4n) is 1.15. The minimum Gasteiger partial charge on any atom is -0.392 e. The van der Waals surface area contributed by atoms with Gasteiger partial charge >= 0.3 is 0 Å². The molecule has 1 N–H and O–H groups in total. The molecule has 6 heteroatoms. The lowest BCUT2D eigenvalue weighted by molar-refractivity contribution is 0.112. The predicted molar refractivity (Wildman–Crippen MR) is 52.0 cm³/mol. The van der Waals surface area contributed by atoms with Gasteiger partial charge in [-0.05, 0) is 15.9 Å². The van der Waals surface area contributed by atoms with Crippen LogP contribution in [-0.2, 0) is 6.61 Å². The Bertz CT molecular complexity index is 495. The average molecular weight is 256 g/mol. The minimum atomic E-state index is -0.100. The Morgan fingerprint density at radius 2 is 2.43 bits per heavy atom. The summed E-state index contributed by atoms with van der Waals surface area (Å²) in [6.07, 6.45) is 3.83. The SMILES string of the molecule is O=Cc1c(Br)nn2cc(CO)cnc12. The van der Waals surface area contributed by atoms with E-state index < -0.39 is 0 Å². The molecule has 0 bridgehead atoms. The quantitative estimate of drug-likeness (QED) is 0.807. The van der Waals surface area contributed by atoms with Gasteiger partial charge in [0.25, 0.3) is 0 Å². The van der Waals surface area contributed by atoms with Crippen molar-refractivity contribution in [2.45, 2.75) is 6.61 Å². The lowest BCUT2D eigenvalue weighted by Gasteiger charge is -1.95. The first kappa shape index (κ1) is 9.29. The molecule has 14 heavy (non-hydrogen) atoms. The van der Waals surface area contributed by atoms with Crippen molar-refractivity contribution in [3.05, 3.63) is 28.1 Å². The first-order chi connectivity index (χ1) is 6.76. The molecule has 0 radical (unpaired) electrons. The highest BCUT2D eigenvalue weighted by Gasteiger charge is 2.10. The van der Waals surface area contributed by atoms with Gasteiger partial charge in [0.15, 0.2) is 11.9 Å². The third-order valence-corrected chi connectivity index (χ3v) is 2.40. The standard InChI is InChI=1S/C8H6BrN3O2/c9-7-6(4-14)8-10-1-5(3-13)2-12(8)11-7/h1-2,4,13H,3H2. The number of carbonyl (C=O) groups excluding carboxylic acids is 1. The van der Waals surface area contributed by atoms with E-state index >= 15 is 0 Å². The smallest absolute Gasteiger partial charge is 0.166 e. The Balaban J connectivity index is 2.74. The van der Waals surface area contributed by atoms with E-state index in [1.165, 1.54) is 10.7 Å². The number of rotatable bonds is 2. The van der Waals surface area contributed by atoms with Crippen molar-refractivity contribution in [2.75, 3.05) is 0 Å². The van der Waals surface area contributed by atoms with Gasteiger partial charge in [-0.1, -0.05) is 0 Å². The Hall–Kier alpha value is -1.27. The third kappa shape index (κ3) is 1.32. The van der Waals surface area contributed by atoms with Gasteiger partial charge in [0.1, 0.15) is 4.60 Å². The van der Waals surface area contributed by atoms with Gasteiger partial charge in [0.2, 0.25) is 0 Å². The van der Waals surface area contributed by atoms with Crippen LogP contribution in [0, 0.1) is 0 Å². The molecule has 0 aliphatic carbocycles. The van der Waals surface area contributed by atoms with Crippen LogP contribution in [0.1, 0.15) is 15.9 Å². The van der Waals surface area contributed by atoms with Crippen LogP contribution >= 0.6 is 15.9 Å². The maximum Gasteiger partial charge on any atom is 0.166 e. The number of carbonyl (C=O) groups is 1. The summed E-state index contributed by atoms with van der Waals surface area (Å²) in [6.45, 7) is -0.100. The van der Waals surface area contributed by atoms with E-state index in [1.807, 2.05) is 0 Å². The molecule has 2 aromatic heterocycles. The van der Waals surface area contributed by atoms with Gasteiger partial charge in [-0.25, -0.2) is 9.50 Å². The summed E-state index contributed by atoms with van der Waals surface area (Å²) in [7, 11) is 0. The van der Waals surface area contributed by atoms with Crippen LogP contribution in [0.3, 0.4) is 0 Å². The molecule has 0 fully saturated rings. The van der Waals surface area contributed by atoms with Crippen LogP contribution in [-0.4, -0.2) is 26.0 Å². The van der Waals surface area contributed by atoms with Crippen molar-refractivity contribution in [2.24, 2.45) is 0 Å². The van der Waals surface area contributed by atoms with Crippen molar-refractivity contribution in [1.82, 2.24) is 14.6 Å². The molecule has 0 saturated heterocycles. The van der Waals surface area contributed by atoms with Crippen LogP contribution in [0.25, 0.3) is 5.65 Å². The number of aliphatic hydroxyl groups is 1. The number of fused-ring (bicyclic) bond motifs is 1. The number of hydrogen-bond donors (Lipinski definition) is 1. The lowest BCUT2D eigenvalue weighted by atomic mass is 10.3. The molecule has 0 spiro atoms. The van der Waals surface area contributed by atoms with E-state index in [9.17, 15) is 4.79 Å². The maximum atomic E-state index is 10.7. The van der Waals surface area contributed by atoms with Crippen molar-refractivity contribution in [1.29, 1.82) is 0 Å². The van der Waals surface area contributed by atoms with Crippen LogP contribution in [0.2, 0.25) is 0 Å². The zero-order valence-corrected chi connectivity index (χ0v) is 8.60. The molecular formula is C8H6BrN3O2. The third-order valence-electron chi connectivity index (χ3n) is 1.82. The van der Waals surface area contributed by atoms with E-state index in [1.54, 1.807) is 6.20 Å². The van der Waals surface area contributed by atoms with Crippen molar-refractivity contribution < 1.29 is 9.90 Å². The van der Waals surface area contributed by atoms with Crippen LogP contribution < -0.4 is 0 Å². The zero-order valence-electron chi connectivity index (χ0n) is 7.01. The molecule has 0 aliphatic heterocycles. The van der Waals surface area contributed by atoms with Gasteiger partial charge in [-0.2, -0.15) is 5.10 Å². The number of hydrogen-bond acceptors (Lipinski definition) is 4. The normalized spacial score (nSPS) is 10.7. The van der Waals surface area contributed by atoms with Crippen LogP contribution in [0.15, 0.2) is 17.0 Å². The number of aliphatic hydroxyl groups excluding tert-OH is 1. The molecule has 0 amide bonds. The van der Waals surface area contributed by atoms with Crippen LogP contribution in [0.4, 0.5) is 0 Å². The Morgan fingerprint density at radius 3 is 3.07 bits per heavy atom. The molecule has 72 valence electrons. The molecule has 2 rings (SSSR count). The summed E-state index contributed by atoms with van der Waals surface area (Å²) >= 11 is 3.15. The van der Waals surface area contributed by atoms with Gasteiger partial charge in [0, 0.05) is 18.0 Å². The molecule has 5 nitrogen and oxygen atoms in total.